The molecular weight excluding hydrogens is 226 g/mol. The second-order valence-electron chi connectivity index (χ2n) is 4.54. The maximum Gasteiger partial charge on any atom is 0.0953 e. The number of morpholine rings is 1. The fourth-order valence-electron chi connectivity index (χ4n) is 2.19. The Kier molecular flexibility index (Phi) is 3.39. The minimum atomic E-state index is 0.232. The van der Waals surface area contributed by atoms with Gasteiger partial charge in [-0.1, -0.05) is 30.3 Å². The van der Waals surface area contributed by atoms with Gasteiger partial charge in [-0.2, -0.15) is 0 Å². The van der Waals surface area contributed by atoms with Crippen molar-refractivity contribution < 1.29 is 4.74 Å². The van der Waals surface area contributed by atoms with Gasteiger partial charge < -0.3 is 14.6 Å². The molecule has 0 radical (unpaired) electrons. The zero-order chi connectivity index (χ0) is 12.2. The van der Waals surface area contributed by atoms with Gasteiger partial charge in [-0.3, -0.25) is 0 Å². The molecule has 1 atom stereocenters. The molecule has 1 aromatic carbocycles. The van der Waals surface area contributed by atoms with Gasteiger partial charge in [0, 0.05) is 19.3 Å². The van der Waals surface area contributed by atoms with Crippen molar-refractivity contribution in [1.29, 1.82) is 0 Å². The van der Waals surface area contributed by atoms with Crippen molar-refractivity contribution in [1.82, 2.24) is 14.9 Å². The molecule has 0 bridgehead atoms. The summed E-state index contributed by atoms with van der Waals surface area (Å²) in [7, 11) is 0. The number of imidazole rings is 1. The lowest BCUT2D eigenvalue weighted by Crippen LogP contribution is -2.34. The van der Waals surface area contributed by atoms with Gasteiger partial charge in [0.1, 0.15) is 0 Å². The highest BCUT2D eigenvalue weighted by Crippen LogP contribution is 2.14. The number of ether oxygens (including phenoxy) is 1. The Bertz CT molecular complexity index is 489. The summed E-state index contributed by atoms with van der Waals surface area (Å²) in [6.07, 6.45) is 3.98. The molecule has 0 saturated carbocycles. The minimum absolute atomic E-state index is 0.232. The quantitative estimate of drug-likeness (QED) is 0.890. The van der Waals surface area contributed by atoms with Crippen molar-refractivity contribution in [2.24, 2.45) is 0 Å². The van der Waals surface area contributed by atoms with Crippen LogP contribution in [0.2, 0.25) is 0 Å². The number of benzene rings is 1. The Morgan fingerprint density at radius 3 is 3.00 bits per heavy atom. The molecule has 1 fully saturated rings. The van der Waals surface area contributed by atoms with Crippen LogP contribution in [-0.2, 0) is 11.3 Å². The highest BCUT2D eigenvalue weighted by atomic mass is 16.5. The first-order valence-corrected chi connectivity index (χ1v) is 6.28. The molecule has 0 aliphatic carbocycles. The maximum absolute atomic E-state index is 5.45. The van der Waals surface area contributed by atoms with E-state index in [4.69, 9.17) is 4.74 Å². The molecule has 1 aromatic heterocycles. The largest absolute Gasteiger partial charge is 0.378 e. The van der Waals surface area contributed by atoms with Gasteiger partial charge >= 0.3 is 0 Å². The van der Waals surface area contributed by atoms with Crippen LogP contribution >= 0.6 is 0 Å². The molecule has 1 N–H and O–H groups in total. The van der Waals surface area contributed by atoms with E-state index in [9.17, 15) is 0 Å². The molecule has 4 heteroatoms. The van der Waals surface area contributed by atoms with E-state index in [2.05, 4.69) is 45.3 Å². The molecule has 1 unspecified atom stereocenters. The Morgan fingerprint density at radius 1 is 1.33 bits per heavy atom. The summed E-state index contributed by atoms with van der Waals surface area (Å²) >= 11 is 0. The second-order valence-corrected chi connectivity index (χ2v) is 4.54. The van der Waals surface area contributed by atoms with Crippen LogP contribution in [0.3, 0.4) is 0 Å². The van der Waals surface area contributed by atoms with E-state index in [-0.39, 0.29) is 6.04 Å². The summed E-state index contributed by atoms with van der Waals surface area (Å²) in [4.78, 5) is 4.46. The molecule has 1 aliphatic heterocycles. The van der Waals surface area contributed by atoms with Crippen LogP contribution in [0.1, 0.15) is 17.3 Å². The summed E-state index contributed by atoms with van der Waals surface area (Å²) < 4.78 is 7.56. The van der Waals surface area contributed by atoms with E-state index in [1.165, 1.54) is 5.56 Å². The van der Waals surface area contributed by atoms with Gasteiger partial charge in [-0.05, 0) is 5.56 Å². The van der Waals surface area contributed by atoms with Crippen LogP contribution in [-0.4, -0.2) is 29.3 Å². The summed E-state index contributed by atoms with van der Waals surface area (Å²) in [6, 6.07) is 10.6. The number of hydrogen-bond donors (Lipinski definition) is 1. The van der Waals surface area contributed by atoms with Gasteiger partial charge in [0.05, 0.1) is 31.3 Å². The van der Waals surface area contributed by atoms with Crippen LogP contribution < -0.4 is 5.32 Å². The van der Waals surface area contributed by atoms with Crippen molar-refractivity contribution in [2.45, 2.75) is 12.6 Å². The van der Waals surface area contributed by atoms with Crippen LogP contribution in [0, 0.1) is 0 Å². The predicted molar refractivity (Wildman–Crippen MR) is 69.3 cm³/mol. The van der Waals surface area contributed by atoms with Gasteiger partial charge in [0.2, 0.25) is 0 Å². The van der Waals surface area contributed by atoms with Crippen molar-refractivity contribution in [3.63, 3.8) is 0 Å². The molecule has 0 amide bonds. The zero-order valence-electron chi connectivity index (χ0n) is 10.2. The van der Waals surface area contributed by atoms with Gasteiger partial charge in [-0.15, -0.1) is 0 Å². The first kappa shape index (κ1) is 11.4. The molecule has 3 rings (SSSR count). The van der Waals surface area contributed by atoms with E-state index >= 15 is 0 Å². The average molecular weight is 243 g/mol. The lowest BCUT2D eigenvalue weighted by atomic mass is 10.2. The SMILES string of the molecule is c1ccc(Cn2cnc(C3COCCN3)c2)cc1. The van der Waals surface area contributed by atoms with Gasteiger partial charge in [0.25, 0.3) is 0 Å². The van der Waals surface area contributed by atoms with E-state index in [1.807, 2.05) is 12.4 Å². The molecular formula is C14H17N3O. The Hall–Kier alpha value is -1.65. The Balaban J connectivity index is 1.69. The topological polar surface area (TPSA) is 39.1 Å². The standard InChI is InChI=1S/C14H17N3O/c1-2-4-12(5-3-1)8-17-9-13(16-11-17)14-10-18-7-6-15-14/h1-5,9,11,14-15H,6-8,10H2. The van der Waals surface area contributed by atoms with Crippen LogP contribution in [0.5, 0.6) is 0 Å². The van der Waals surface area contributed by atoms with Crippen LogP contribution in [0.15, 0.2) is 42.9 Å². The monoisotopic (exact) mass is 243 g/mol. The number of nitrogens with one attached hydrogen (secondary N) is 1. The molecule has 1 saturated heterocycles. The summed E-state index contributed by atoms with van der Waals surface area (Å²) in [5.41, 5.74) is 2.35. The molecule has 94 valence electrons. The number of nitrogens with zero attached hydrogens (tertiary/aromatic N) is 2. The Labute approximate surface area is 107 Å². The van der Waals surface area contributed by atoms with Crippen molar-refractivity contribution in [3.8, 4) is 0 Å². The third-order valence-electron chi connectivity index (χ3n) is 3.14. The third-order valence-corrected chi connectivity index (χ3v) is 3.14. The molecule has 0 spiro atoms. The highest BCUT2D eigenvalue weighted by Gasteiger charge is 2.17. The second kappa shape index (κ2) is 5.33. The zero-order valence-corrected chi connectivity index (χ0v) is 10.2. The molecule has 2 aromatic rings. The minimum Gasteiger partial charge on any atom is -0.378 e. The molecule has 1 aliphatic rings. The Morgan fingerprint density at radius 2 is 2.22 bits per heavy atom. The number of aromatic nitrogens is 2. The fourth-order valence-corrected chi connectivity index (χ4v) is 2.19. The van der Waals surface area contributed by atoms with E-state index in [0.717, 1.165) is 25.4 Å². The summed E-state index contributed by atoms with van der Waals surface area (Å²) in [5.74, 6) is 0. The van der Waals surface area contributed by atoms with E-state index < -0.39 is 0 Å². The van der Waals surface area contributed by atoms with Crippen LogP contribution in [0.25, 0.3) is 0 Å². The van der Waals surface area contributed by atoms with Gasteiger partial charge in [0.15, 0.2) is 0 Å². The van der Waals surface area contributed by atoms with Crippen molar-refractivity contribution in [3.05, 3.63) is 54.1 Å². The lowest BCUT2D eigenvalue weighted by molar-refractivity contribution is 0.0757. The smallest absolute Gasteiger partial charge is 0.0953 e. The fraction of sp³-hybridized carbons (Fsp3) is 0.357. The maximum atomic E-state index is 5.45. The summed E-state index contributed by atoms with van der Waals surface area (Å²) in [6.45, 7) is 3.27. The average Bonchev–Trinajstić information content (AvgIpc) is 2.89. The van der Waals surface area contributed by atoms with Gasteiger partial charge in [-0.25, -0.2) is 4.98 Å². The first-order chi connectivity index (χ1) is 8.92. The molecule has 18 heavy (non-hydrogen) atoms. The number of hydrogen-bond acceptors (Lipinski definition) is 3. The molecule has 2 heterocycles. The van der Waals surface area contributed by atoms with E-state index in [1.54, 1.807) is 0 Å². The third kappa shape index (κ3) is 2.60. The van der Waals surface area contributed by atoms with E-state index in [0.29, 0.717) is 6.61 Å². The first-order valence-electron chi connectivity index (χ1n) is 6.28. The van der Waals surface area contributed by atoms with Crippen LogP contribution in [0.4, 0.5) is 0 Å². The van der Waals surface area contributed by atoms with Crippen molar-refractivity contribution >= 4 is 0 Å². The lowest BCUT2D eigenvalue weighted by Gasteiger charge is -2.21. The number of rotatable bonds is 3. The van der Waals surface area contributed by atoms with Crippen molar-refractivity contribution in [2.75, 3.05) is 19.8 Å². The highest BCUT2D eigenvalue weighted by molar-refractivity contribution is 5.16. The molecule has 4 nitrogen and oxygen atoms in total. The summed E-state index contributed by atoms with van der Waals surface area (Å²) in [5, 5.41) is 3.41. The predicted octanol–water partition coefficient (Wildman–Crippen LogP) is 1.59. The normalized spacial score (nSPS) is 19.9.